The summed E-state index contributed by atoms with van der Waals surface area (Å²) in [6.45, 7) is 1.59. The molecule has 23 heavy (non-hydrogen) atoms. The third-order valence-corrected chi connectivity index (χ3v) is 3.42. The fourth-order valence-corrected chi connectivity index (χ4v) is 1.95. The van der Waals surface area contributed by atoms with Gasteiger partial charge in [-0.1, -0.05) is 35.9 Å². The average molecular weight is 333 g/mol. The van der Waals surface area contributed by atoms with Gasteiger partial charge in [0.1, 0.15) is 5.75 Å². The molecule has 2 N–H and O–H groups in total. The number of aryl methyl sites for hydroxylation is 1. The van der Waals surface area contributed by atoms with E-state index >= 15 is 0 Å². The Balaban J connectivity index is 1.73. The quantitative estimate of drug-likeness (QED) is 0.854. The second-order valence-corrected chi connectivity index (χ2v) is 5.30. The fourth-order valence-electron chi connectivity index (χ4n) is 1.77. The zero-order valence-electron chi connectivity index (χ0n) is 12.6. The van der Waals surface area contributed by atoms with Crippen molar-refractivity contribution in [3.05, 3.63) is 59.1 Å². The number of rotatable bonds is 6. The molecular weight excluding hydrogens is 316 g/mol. The number of carbonyl (C=O) groups excluding carboxylic acids is 2. The number of nitrogens with one attached hydrogen (secondary N) is 2. The molecule has 120 valence electrons. The second-order valence-electron chi connectivity index (χ2n) is 4.89. The van der Waals surface area contributed by atoms with E-state index in [-0.39, 0.29) is 25.0 Å². The van der Waals surface area contributed by atoms with Gasteiger partial charge in [0.2, 0.25) is 5.91 Å². The molecule has 2 amide bonds. The highest BCUT2D eigenvalue weighted by molar-refractivity contribution is 6.31. The molecule has 2 rings (SSSR count). The van der Waals surface area contributed by atoms with Crippen LogP contribution in [0, 0.1) is 6.92 Å². The average Bonchev–Trinajstić information content (AvgIpc) is 2.55. The van der Waals surface area contributed by atoms with E-state index in [9.17, 15) is 9.59 Å². The summed E-state index contributed by atoms with van der Waals surface area (Å²) < 4.78 is 5.29. The first-order valence-corrected chi connectivity index (χ1v) is 7.43. The van der Waals surface area contributed by atoms with Gasteiger partial charge in [-0.05, 0) is 36.8 Å². The fraction of sp³-hybridized carbons (Fsp3) is 0.176. The molecule has 0 heterocycles. The highest BCUT2D eigenvalue weighted by Gasteiger charge is 2.07. The molecule has 0 fully saturated rings. The molecule has 0 aliphatic heterocycles. The molecule has 0 saturated heterocycles. The van der Waals surface area contributed by atoms with Crippen molar-refractivity contribution in [2.24, 2.45) is 0 Å². The molecule has 0 aliphatic rings. The minimum atomic E-state index is -0.369. The lowest BCUT2D eigenvalue weighted by Crippen LogP contribution is -2.35. The number of carbonyl (C=O) groups is 2. The topological polar surface area (TPSA) is 67.4 Å². The van der Waals surface area contributed by atoms with E-state index in [1.807, 2.05) is 31.2 Å². The van der Waals surface area contributed by atoms with Gasteiger partial charge in [0.05, 0.1) is 6.54 Å². The molecule has 0 saturated carbocycles. The molecule has 0 atom stereocenters. The molecule has 2 aromatic carbocycles. The van der Waals surface area contributed by atoms with E-state index in [2.05, 4.69) is 10.6 Å². The van der Waals surface area contributed by atoms with Crippen molar-refractivity contribution in [2.45, 2.75) is 6.92 Å². The maximum Gasteiger partial charge on any atom is 0.258 e. The van der Waals surface area contributed by atoms with E-state index in [0.29, 0.717) is 16.5 Å². The van der Waals surface area contributed by atoms with Crippen LogP contribution in [0.2, 0.25) is 5.02 Å². The van der Waals surface area contributed by atoms with E-state index in [0.717, 1.165) is 5.56 Å². The SMILES string of the molecule is Cc1ccc(NC(=O)CNC(=O)COc2ccccc2)cc1Cl. The lowest BCUT2D eigenvalue weighted by atomic mass is 10.2. The second kappa shape index (κ2) is 8.19. The van der Waals surface area contributed by atoms with Gasteiger partial charge in [0.15, 0.2) is 6.61 Å². The maximum atomic E-state index is 11.8. The summed E-state index contributed by atoms with van der Waals surface area (Å²) in [5.74, 6) is -0.106. The molecule has 2 aromatic rings. The summed E-state index contributed by atoms with van der Waals surface area (Å²) in [5, 5.41) is 5.72. The maximum absolute atomic E-state index is 11.8. The number of benzene rings is 2. The normalized spacial score (nSPS) is 10.0. The van der Waals surface area contributed by atoms with Crippen LogP contribution in [0.15, 0.2) is 48.5 Å². The van der Waals surface area contributed by atoms with Crippen molar-refractivity contribution in [1.29, 1.82) is 0 Å². The van der Waals surface area contributed by atoms with E-state index in [1.54, 1.807) is 24.3 Å². The number of anilines is 1. The third-order valence-electron chi connectivity index (χ3n) is 3.01. The molecule has 0 aliphatic carbocycles. The number of ether oxygens (including phenoxy) is 1. The minimum absolute atomic E-state index is 0.136. The molecular formula is C17H17ClN2O3. The van der Waals surface area contributed by atoms with Crippen LogP contribution in [0.1, 0.15) is 5.56 Å². The molecule has 0 radical (unpaired) electrons. The van der Waals surface area contributed by atoms with Gasteiger partial charge in [-0.2, -0.15) is 0 Å². The van der Waals surface area contributed by atoms with Crippen molar-refractivity contribution in [2.75, 3.05) is 18.5 Å². The third kappa shape index (κ3) is 5.64. The van der Waals surface area contributed by atoms with Crippen molar-refractivity contribution in [3.8, 4) is 5.75 Å². The monoisotopic (exact) mass is 332 g/mol. The van der Waals surface area contributed by atoms with Gasteiger partial charge in [-0.3, -0.25) is 9.59 Å². The highest BCUT2D eigenvalue weighted by Crippen LogP contribution is 2.19. The van der Waals surface area contributed by atoms with Crippen LogP contribution in [-0.2, 0) is 9.59 Å². The Labute approximate surface area is 139 Å². The van der Waals surface area contributed by atoms with E-state index < -0.39 is 0 Å². The molecule has 6 heteroatoms. The molecule has 0 unspecified atom stereocenters. The van der Waals surface area contributed by atoms with Gasteiger partial charge in [-0.15, -0.1) is 0 Å². The first-order chi connectivity index (χ1) is 11.0. The number of halogens is 1. The predicted molar refractivity (Wildman–Crippen MR) is 89.8 cm³/mol. The Kier molecular flexibility index (Phi) is 6.00. The van der Waals surface area contributed by atoms with Crippen molar-refractivity contribution >= 4 is 29.1 Å². The zero-order chi connectivity index (χ0) is 16.7. The van der Waals surface area contributed by atoms with E-state index in [4.69, 9.17) is 16.3 Å². The van der Waals surface area contributed by atoms with Crippen molar-refractivity contribution in [3.63, 3.8) is 0 Å². The van der Waals surface area contributed by atoms with Gasteiger partial charge in [0.25, 0.3) is 5.91 Å². The minimum Gasteiger partial charge on any atom is -0.484 e. The number of para-hydroxylation sites is 1. The number of hydrogen-bond acceptors (Lipinski definition) is 3. The lowest BCUT2D eigenvalue weighted by molar-refractivity contribution is -0.125. The Morgan fingerprint density at radius 1 is 1.09 bits per heavy atom. The van der Waals surface area contributed by atoms with Gasteiger partial charge in [-0.25, -0.2) is 0 Å². The van der Waals surface area contributed by atoms with Gasteiger partial charge in [0, 0.05) is 10.7 Å². The van der Waals surface area contributed by atoms with Crippen molar-refractivity contribution in [1.82, 2.24) is 5.32 Å². The smallest absolute Gasteiger partial charge is 0.258 e. The van der Waals surface area contributed by atoms with Crippen LogP contribution in [-0.4, -0.2) is 25.0 Å². The Bertz CT molecular complexity index is 689. The summed E-state index contributed by atoms with van der Waals surface area (Å²) in [5.41, 5.74) is 1.51. The van der Waals surface area contributed by atoms with Crippen LogP contribution >= 0.6 is 11.6 Å². The predicted octanol–water partition coefficient (Wildman–Crippen LogP) is 2.78. The Morgan fingerprint density at radius 3 is 2.52 bits per heavy atom. The van der Waals surface area contributed by atoms with E-state index in [1.165, 1.54) is 0 Å². The van der Waals surface area contributed by atoms with Gasteiger partial charge >= 0.3 is 0 Å². The Hall–Kier alpha value is -2.53. The molecule has 0 spiro atoms. The molecule has 5 nitrogen and oxygen atoms in total. The summed E-state index contributed by atoms with van der Waals surface area (Å²) in [7, 11) is 0. The van der Waals surface area contributed by atoms with Crippen LogP contribution in [0.3, 0.4) is 0 Å². The van der Waals surface area contributed by atoms with Crippen LogP contribution in [0.5, 0.6) is 5.75 Å². The van der Waals surface area contributed by atoms with Gasteiger partial charge < -0.3 is 15.4 Å². The number of hydrogen-bond donors (Lipinski definition) is 2. The zero-order valence-corrected chi connectivity index (χ0v) is 13.4. The summed E-state index contributed by atoms with van der Waals surface area (Å²) in [6.07, 6.45) is 0. The first-order valence-electron chi connectivity index (χ1n) is 7.05. The van der Waals surface area contributed by atoms with Crippen LogP contribution < -0.4 is 15.4 Å². The lowest BCUT2D eigenvalue weighted by Gasteiger charge is -2.09. The molecule has 0 bridgehead atoms. The summed E-state index contributed by atoms with van der Waals surface area (Å²) in [6, 6.07) is 14.2. The van der Waals surface area contributed by atoms with Crippen LogP contribution in [0.25, 0.3) is 0 Å². The highest BCUT2D eigenvalue weighted by atomic mass is 35.5. The summed E-state index contributed by atoms with van der Waals surface area (Å²) >= 11 is 5.99. The summed E-state index contributed by atoms with van der Waals surface area (Å²) in [4.78, 5) is 23.4. The Morgan fingerprint density at radius 2 is 1.83 bits per heavy atom. The first kappa shape index (κ1) is 16.8. The van der Waals surface area contributed by atoms with Crippen molar-refractivity contribution < 1.29 is 14.3 Å². The van der Waals surface area contributed by atoms with Crippen LogP contribution in [0.4, 0.5) is 5.69 Å². The standard InChI is InChI=1S/C17H17ClN2O3/c1-12-7-8-13(9-15(12)18)20-16(21)10-19-17(22)11-23-14-5-3-2-4-6-14/h2-9H,10-11H2,1H3,(H,19,22)(H,20,21). The largest absolute Gasteiger partial charge is 0.484 e. The molecule has 0 aromatic heterocycles. The number of amides is 2.